The molecule has 0 aromatic rings. The summed E-state index contributed by atoms with van der Waals surface area (Å²) in [5, 5.41) is 0. The fourth-order valence-electron chi connectivity index (χ4n) is 3.50. The second-order valence-electron chi connectivity index (χ2n) is 7.47. The highest BCUT2D eigenvalue weighted by atomic mass is 16.5. The third kappa shape index (κ3) is 4.59. The average molecular weight is 326 g/mol. The predicted octanol–water partition coefficient (Wildman–Crippen LogP) is 5.69. The Morgan fingerprint density at radius 2 is 2.12 bits per heavy atom. The van der Waals surface area contributed by atoms with Crippen molar-refractivity contribution in [2.45, 2.75) is 53.9 Å². The van der Waals surface area contributed by atoms with Crippen molar-refractivity contribution in [1.82, 2.24) is 0 Å². The van der Waals surface area contributed by atoms with Gasteiger partial charge >= 0.3 is 5.97 Å². The molecule has 0 aromatic carbocycles. The van der Waals surface area contributed by atoms with E-state index in [0.29, 0.717) is 17.9 Å². The maximum absolute atomic E-state index is 11.4. The average Bonchev–Trinajstić information content (AvgIpc) is 2.82. The van der Waals surface area contributed by atoms with Gasteiger partial charge in [-0.3, -0.25) is 0 Å². The Morgan fingerprint density at radius 1 is 1.38 bits per heavy atom. The summed E-state index contributed by atoms with van der Waals surface area (Å²) in [7, 11) is 0. The van der Waals surface area contributed by atoms with Crippen LogP contribution in [-0.4, -0.2) is 12.6 Å². The summed E-state index contributed by atoms with van der Waals surface area (Å²) in [5.74, 6) is 0.207. The minimum Gasteiger partial charge on any atom is -0.463 e. The Hall–Kier alpha value is -1.83. The number of carbonyl (C=O) groups is 1. The largest absolute Gasteiger partial charge is 0.463 e. The van der Waals surface area contributed by atoms with Crippen LogP contribution in [0.1, 0.15) is 53.9 Å². The smallest absolute Gasteiger partial charge is 0.330 e. The van der Waals surface area contributed by atoms with Crippen LogP contribution in [0.3, 0.4) is 0 Å². The normalized spacial score (nSPS) is 23.8. The van der Waals surface area contributed by atoms with Gasteiger partial charge in [0, 0.05) is 12.0 Å². The molecule has 0 amide bonds. The maximum atomic E-state index is 11.4. The van der Waals surface area contributed by atoms with Crippen LogP contribution in [0.5, 0.6) is 0 Å². The van der Waals surface area contributed by atoms with Crippen LogP contribution >= 0.6 is 0 Å². The fraction of sp³-hybridized carbons (Fsp3) is 0.500. The van der Waals surface area contributed by atoms with Crippen molar-refractivity contribution < 1.29 is 9.53 Å². The predicted molar refractivity (Wildman–Crippen MR) is 101 cm³/mol. The molecule has 0 saturated heterocycles. The van der Waals surface area contributed by atoms with Crippen LogP contribution in [0.4, 0.5) is 0 Å². The molecule has 2 nitrogen and oxygen atoms in total. The van der Waals surface area contributed by atoms with Crippen LogP contribution in [-0.2, 0) is 9.53 Å². The van der Waals surface area contributed by atoms with Crippen LogP contribution in [0.25, 0.3) is 0 Å². The minimum atomic E-state index is -0.279. The standard InChI is InChI=1S/C22H30O2/c1-6-24-21(23)14-16(2)8-7-9-17(3)19-11-10-18-12-13-22(4,5)20(18)15-19/h7-11,14,19H,6,12-13,15H2,1-5H3. The Kier molecular flexibility index (Phi) is 6.04. The van der Waals surface area contributed by atoms with Crippen molar-refractivity contribution >= 4 is 5.97 Å². The van der Waals surface area contributed by atoms with Gasteiger partial charge in [-0.2, -0.15) is 0 Å². The zero-order chi connectivity index (χ0) is 17.7. The zero-order valence-corrected chi connectivity index (χ0v) is 15.7. The third-order valence-electron chi connectivity index (χ3n) is 5.11. The SMILES string of the molecule is CCOC(=O)C=C(C)C=CC=C(C)C1C=CC2=C(C1)C(C)(C)CC2. The van der Waals surface area contributed by atoms with E-state index in [1.807, 2.05) is 26.0 Å². The molecule has 0 fully saturated rings. The highest BCUT2D eigenvalue weighted by molar-refractivity contribution is 5.83. The van der Waals surface area contributed by atoms with E-state index in [-0.39, 0.29) is 5.97 Å². The number of hydrogen-bond donors (Lipinski definition) is 0. The topological polar surface area (TPSA) is 26.3 Å². The van der Waals surface area contributed by atoms with Gasteiger partial charge in [-0.15, -0.1) is 0 Å². The number of carbonyl (C=O) groups excluding carboxylic acids is 1. The van der Waals surface area contributed by atoms with E-state index < -0.39 is 0 Å². The Bertz CT molecular complexity index is 639. The second kappa shape index (κ2) is 7.83. The van der Waals surface area contributed by atoms with Crippen molar-refractivity contribution in [1.29, 1.82) is 0 Å². The number of allylic oxidation sites excluding steroid dienone is 9. The molecule has 2 aliphatic rings. The summed E-state index contributed by atoms with van der Waals surface area (Å²) in [6, 6.07) is 0. The molecular formula is C22H30O2. The van der Waals surface area contributed by atoms with Crippen LogP contribution in [0.2, 0.25) is 0 Å². The first kappa shape index (κ1) is 18.5. The van der Waals surface area contributed by atoms with E-state index in [0.717, 1.165) is 12.0 Å². The van der Waals surface area contributed by atoms with Gasteiger partial charge in [0.1, 0.15) is 0 Å². The van der Waals surface area contributed by atoms with Crippen LogP contribution in [0, 0.1) is 11.3 Å². The molecule has 1 unspecified atom stereocenters. The molecule has 24 heavy (non-hydrogen) atoms. The van der Waals surface area contributed by atoms with Crippen molar-refractivity contribution in [3.63, 3.8) is 0 Å². The number of ether oxygens (including phenoxy) is 1. The number of rotatable bonds is 5. The monoisotopic (exact) mass is 326 g/mol. The first-order chi connectivity index (χ1) is 11.3. The van der Waals surface area contributed by atoms with Gasteiger partial charge in [0.25, 0.3) is 0 Å². The summed E-state index contributed by atoms with van der Waals surface area (Å²) in [4.78, 5) is 11.4. The lowest BCUT2D eigenvalue weighted by atomic mass is 9.77. The molecule has 2 aliphatic carbocycles. The van der Waals surface area contributed by atoms with Gasteiger partial charge in [-0.25, -0.2) is 4.79 Å². The Balaban J connectivity index is 1.99. The van der Waals surface area contributed by atoms with Gasteiger partial charge in [-0.05, 0) is 56.6 Å². The Labute approximate surface area is 146 Å². The van der Waals surface area contributed by atoms with E-state index in [1.54, 1.807) is 11.1 Å². The van der Waals surface area contributed by atoms with E-state index in [9.17, 15) is 4.79 Å². The first-order valence-corrected chi connectivity index (χ1v) is 8.94. The number of hydrogen-bond acceptors (Lipinski definition) is 2. The summed E-state index contributed by atoms with van der Waals surface area (Å²) in [6.45, 7) is 11.1. The molecule has 0 bridgehead atoms. The van der Waals surface area contributed by atoms with Gasteiger partial charge in [-0.1, -0.05) is 55.4 Å². The summed E-state index contributed by atoms with van der Waals surface area (Å²) < 4.78 is 4.92. The van der Waals surface area contributed by atoms with Crippen LogP contribution < -0.4 is 0 Å². The van der Waals surface area contributed by atoms with E-state index in [1.165, 1.54) is 24.5 Å². The lowest BCUT2D eigenvalue weighted by Gasteiger charge is -2.28. The second-order valence-corrected chi connectivity index (χ2v) is 7.47. The summed E-state index contributed by atoms with van der Waals surface area (Å²) >= 11 is 0. The molecular weight excluding hydrogens is 296 g/mol. The fourth-order valence-corrected chi connectivity index (χ4v) is 3.50. The lowest BCUT2D eigenvalue weighted by Crippen LogP contribution is -2.15. The first-order valence-electron chi connectivity index (χ1n) is 8.94. The molecule has 2 rings (SSSR count). The van der Waals surface area contributed by atoms with E-state index in [4.69, 9.17) is 4.74 Å². The van der Waals surface area contributed by atoms with Crippen molar-refractivity contribution in [3.8, 4) is 0 Å². The van der Waals surface area contributed by atoms with Gasteiger partial charge < -0.3 is 4.74 Å². The summed E-state index contributed by atoms with van der Waals surface area (Å²) in [6.07, 6.45) is 16.0. The molecule has 0 aliphatic heterocycles. The number of esters is 1. The van der Waals surface area contributed by atoms with Gasteiger partial charge in [0.15, 0.2) is 0 Å². The van der Waals surface area contributed by atoms with Crippen molar-refractivity contribution in [3.05, 3.63) is 58.7 Å². The zero-order valence-electron chi connectivity index (χ0n) is 15.7. The maximum Gasteiger partial charge on any atom is 0.330 e. The van der Waals surface area contributed by atoms with E-state index in [2.05, 4.69) is 39.0 Å². The van der Waals surface area contributed by atoms with Gasteiger partial charge in [0.2, 0.25) is 0 Å². The molecule has 130 valence electrons. The summed E-state index contributed by atoms with van der Waals surface area (Å²) in [5.41, 5.74) is 5.82. The van der Waals surface area contributed by atoms with Gasteiger partial charge in [0.05, 0.1) is 6.61 Å². The molecule has 1 atom stereocenters. The quantitative estimate of drug-likeness (QED) is 0.368. The van der Waals surface area contributed by atoms with E-state index >= 15 is 0 Å². The molecule has 0 spiro atoms. The highest BCUT2D eigenvalue weighted by Crippen LogP contribution is 2.48. The Morgan fingerprint density at radius 3 is 2.83 bits per heavy atom. The molecule has 0 heterocycles. The highest BCUT2D eigenvalue weighted by Gasteiger charge is 2.34. The molecule has 0 N–H and O–H groups in total. The third-order valence-corrected chi connectivity index (χ3v) is 5.11. The van der Waals surface area contributed by atoms with Crippen LogP contribution in [0.15, 0.2) is 58.7 Å². The lowest BCUT2D eigenvalue weighted by molar-refractivity contribution is -0.137. The molecule has 0 radical (unpaired) electrons. The van der Waals surface area contributed by atoms with Crippen molar-refractivity contribution in [2.75, 3.05) is 6.61 Å². The molecule has 2 heteroatoms. The molecule has 0 saturated carbocycles. The molecule has 0 aromatic heterocycles. The van der Waals surface area contributed by atoms with Crippen molar-refractivity contribution in [2.24, 2.45) is 11.3 Å². The minimum absolute atomic E-state index is 0.279.